The highest BCUT2D eigenvalue weighted by atomic mass is 79.9. The first-order chi connectivity index (χ1) is 9.57. The predicted octanol–water partition coefficient (Wildman–Crippen LogP) is 4.75. The number of alkyl halides is 1. The minimum atomic E-state index is -0.281. The Balaban J connectivity index is 3.10. The summed E-state index contributed by atoms with van der Waals surface area (Å²) in [5.41, 5.74) is 1.86. The van der Waals surface area contributed by atoms with Crippen LogP contribution in [0.3, 0.4) is 0 Å². The van der Waals surface area contributed by atoms with Gasteiger partial charge < -0.3 is 4.90 Å². The van der Waals surface area contributed by atoms with Crippen molar-refractivity contribution < 1.29 is 4.92 Å². The Hall–Kier alpha value is -1.10. The maximum absolute atomic E-state index is 11.3. The van der Waals surface area contributed by atoms with E-state index in [1.807, 2.05) is 19.1 Å². The third-order valence-corrected chi connectivity index (χ3v) is 4.39. The predicted molar refractivity (Wildman–Crippen MR) is 87.7 cm³/mol. The number of nitro groups is 1. The number of hydrogen-bond donors (Lipinski definition) is 0. The van der Waals surface area contributed by atoms with Crippen LogP contribution in [0.2, 0.25) is 0 Å². The molecular formula is C15H23BrN2O2. The lowest BCUT2D eigenvalue weighted by Gasteiger charge is -2.27. The van der Waals surface area contributed by atoms with E-state index in [0.717, 1.165) is 37.2 Å². The van der Waals surface area contributed by atoms with Gasteiger partial charge in [-0.05, 0) is 24.5 Å². The molecule has 1 aromatic rings. The van der Waals surface area contributed by atoms with Crippen molar-refractivity contribution in [2.24, 2.45) is 5.92 Å². The highest BCUT2D eigenvalue weighted by molar-refractivity contribution is 9.08. The molecular weight excluding hydrogens is 320 g/mol. The van der Waals surface area contributed by atoms with Gasteiger partial charge in [0, 0.05) is 24.5 Å². The van der Waals surface area contributed by atoms with Crippen LogP contribution in [0.4, 0.5) is 11.4 Å². The second-order valence-electron chi connectivity index (χ2n) is 4.93. The number of hydrogen-bond acceptors (Lipinski definition) is 3. The molecule has 0 bridgehead atoms. The molecule has 0 fully saturated rings. The highest BCUT2D eigenvalue weighted by Crippen LogP contribution is 2.31. The number of rotatable bonds is 8. The molecule has 1 aromatic carbocycles. The Kier molecular flexibility index (Phi) is 6.99. The molecule has 0 atom stereocenters. The Bertz CT molecular complexity index is 447. The normalized spacial score (nSPS) is 10.8. The highest BCUT2D eigenvalue weighted by Gasteiger charge is 2.20. The van der Waals surface area contributed by atoms with Gasteiger partial charge in [-0.3, -0.25) is 10.1 Å². The van der Waals surface area contributed by atoms with Gasteiger partial charge >= 0.3 is 0 Å². The second-order valence-corrected chi connectivity index (χ2v) is 5.50. The van der Waals surface area contributed by atoms with Gasteiger partial charge in [0.05, 0.1) is 4.92 Å². The van der Waals surface area contributed by atoms with Gasteiger partial charge in [-0.15, -0.1) is 0 Å². The maximum atomic E-state index is 11.3. The summed E-state index contributed by atoms with van der Waals surface area (Å²) < 4.78 is 0. The van der Waals surface area contributed by atoms with E-state index in [1.165, 1.54) is 0 Å². The zero-order valence-electron chi connectivity index (χ0n) is 12.4. The SMILES string of the molecule is CCC(CC)CN(CC)c1ccc(CBr)cc1[N+](=O)[O-]. The molecule has 4 nitrogen and oxygen atoms in total. The largest absolute Gasteiger partial charge is 0.366 e. The summed E-state index contributed by atoms with van der Waals surface area (Å²) in [6.07, 6.45) is 2.20. The summed E-state index contributed by atoms with van der Waals surface area (Å²) in [6.45, 7) is 8.04. The van der Waals surface area contributed by atoms with Gasteiger partial charge in [0.15, 0.2) is 0 Å². The van der Waals surface area contributed by atoms with Crippen molar-refractivity contribution in [3.8, 4) is 0 Å². The van der Waals surface area contributed by atoms with Crippen molar-refractivity contribution in [3.05, 3.63) is 33.9 Å². The van der Waals surface area contributed by atoms with E-state index < -0.39 is 0 Å². The molecule has 20 heavy (non-hydrogen) atoms. The van der Waals surface area contributed by atoms with Crippen LogP contribution in [0.15, 0.2) is 18.2 Å². The van der Waals surface area contributed by atoms with Crippen LogP contribution < -0.4 is 4.90 Å². The van der Waals surface area contributed by atoms with Crippen LogP contribution in [-0.4, -0.2) is 18.0 Å². The van der Waals surface area contributed by atoms with Crippen molar-refractivity contribution in [1.82, 2.24) is 0 Å². The first kappa shape index (κ1) is 17.0. The van der Waals surface area contributed by atoms with E-state index in [4.69, 9.17) is 0 Å². The molecule has 0 aliphatic heterocycles. The minimum absolute atomic E-state index is 0.203. The van der Waals surface area contributed by atoms with Gasteiger partial charge in [0.25, 0.3) is 5.69 Å². The molecule has 112 valence electrons. The smallest absolute Gasteiger partial charge is 0.292 e. The fraction of sp³-hybridized carbons (Fsp3) is 0.600. The van der Waals surface area contributed by atoms with E-state index in [2.05, 4.69) is 34.7 Å². The fourth-order valence-electron chi connectivity index (χ4n) is 2.32. The Morgan fingerprint density at radius 3 is 2.40 bits per heavy atom. The molecule has 0 amide bonds. The van der Waals surface area contributed by atoms with Gasteiger partial charge in [-0.25, -0.2) is 0 Å². The number of benzene rings is 1. The number of nitrogens with zero attached hydrogens (tertiary/aromatic N) is 2. The molecule has 0 aliphatic carbocycles. The molecule has 5 heteroatoms. The average Bonchev–Trinajstić information content (AvgIpc) is 2.48. The van der Waals surface area contributed by atoms with Gasteiger partial charge in [-0.2, -0.15) is 0 Å². The van der Waals surface area contributed by atoms with E-state index in [0.29, 0.717) is 11.2 Å². The lowest BCUT2D eigenvalue weighted by Crippen LogP contribution is -2.29. The van der Waals surface area contributed by atoms with Crippen LogP contribution in [0.5, 0.6) is 0 Å². The Labute approximate surface area is 129 Å². The fourth-order valence-corrected chi connectivity index (χ4v) is 2.67. The molecule has 0 aromatic heterocycles. The molecule has 0 aliphatic rings. The second kappa shape index (κ2) is 8.25. The van der Waals surface area contributed by atoms with E-state index in [1.54, 1.807) is 6.07 Å². The Morgan fingerprint density at radius 1 is 1.30 bits per heavy atom. The van der Waals surface area contributed by atoms with Crippen LogP contribution >= 0.6 is 15.9 Å². The summed E-state index contributed by atoms with van der Waals surface area (Å²) in [4.78, 5) is 13.1. The Morgan fingerprint density at radius 2 is 1.95 bits per heavy atom. The molecule has 0 heterocycles. The first-order valence-corrected chi connectivity index (χ1v) is 8.27. The number of anilines is 1. The van der Waals surface area contributed by atoms with Crippen molar-refractivity contribution in [3.63, 3.8) is 0 Å². The summed E-state index contributed by atoms with van der Waals surface area (Å²) >= 11 is 3.35. The van der Waals surface area contributed by atoms with Gasteiger partial charge in [0.1, 0.15) is 5.69 Å². The monoisotopic (exact) mass is 342 g/mol. The van der Waals surface area contributed by atoms with Gasteiger partial charge in [0.2, 0.25) is 0 Å². The number of halogens is 1. The summed E-state index contributed by atoms with van der Waals surface area (Å²) in [6, 6.07) is 5.49. The lowest BCUT2D eigenvalue weighted by atomic mass is 10.0. The van der Waals surface area contributed by atoms with E-state index >= 15 is 0 Å². The summed E-state index contributed by atoms with van der Waals surface area (Å²) in [5.74, 6) is 0.574. The van der Waals surface area contributed by atoms with Crippen LogP contribution in [0.1, 0.15) is 39.2 Å². The van der Waals surface area contributed by atoms with Crippen molar-refractivity contribution in [2.75, 3.05) is 18.0 Å². The zero-order chi connectivity index (χ0) is 15.1. The van der Waals surface area contributed by atoms with Crippen molar-refractivity contribution >= 4 is 27.3 Å². The lowest BCUT2D eigenvalue weighted by molar-refractivity contribution is -0.384. The maximum Gasteiger partial charge on any atom is 0.292 e. The number of nitro benzene ring substituents is 1. The summed E-state index contributed by atoms with van der Waals surface area (Å²) in [5, 5.41) is 11.9. The summed E-state index contributed by atoms with van der Waals surface area (Å²) in [7, 11) is 0. The minimum Gasteiger partial charge on any atom is -0.366 e. The van der Waals surface area contributed by atoms with Crippen LogP contribution in [-0.2, 0) is 5.33 Å². The van der Waals surface area contributed by atoms with Crippen molar-refractivity contribution in [2.45, 2.75) is 38.9 Å². The molecule has 0 saturated carbocycles. The van der Waals surface area contributed by atoms with Crippen LogP contribution in [0, 0.1) is 16.0 Å². The van der Waals surface area contributed by atoms with Crippen molar-refractivity contribution in [1.29, 1.82) is 0 Å². The standard InChI is InChI=1S/C15H23BrN2O2/c1-4-12(5-2)11-17(6-3)14-8-7-13(10-16)9-15(14)18(19)20/h7-9,12H,4-6,10-11H2,1-3H3. The van der Waals surface area contributed by atoms with E-state index in [9.17, 15) is 10.1 Å². The molecule has 0 radical (unpaired) electrons. The molecule has 0 N–H and O–H groups in total. The third-order valence-electron chi connectivity index (χ3n) is 3.75. The molecule has 0 unspecified atom stereocenters. The first-order valence-electron chi connectivity index (χ1n) is 7.15. The molecule has 0 saturated heterocycles. The molecule has 0 spiro atoms. The zero-order valence-corrected chi connectivity index (χ0v) is 14.0. The van der Waals surface area contributed by atoms with Gasteiger partial charge in [-0.1, -0.05) is 48.7 Å². The quantitative estimate of drug-likeness (QED) is 0.389. The van der Waals surface area contributed by atoms with E-state index in [-0.39, 0.29) is 10.6 Å². The third kappa shape index (κ3) is 4.20. The average molecular weight is 343 g/mol. The molecule has 1 rings (SSSR count). The topological polar surface area (TPSA) is 46.4 Å². The van der Waals surface area contributed by atoms with Crippen LogP contribution in [0.25, 0.3) is 0 Å².